The van der Waals surface area contributed by atoms with E-state index in [0.29, 0.717) is 5.57 Å². The Labute approximate surface area is 331 Å². The lowest BCUT2D eigenvalue weighted by molar-refractivity contribution is -0.150. The van der Waals surface area contributed by atoms with E-state index in [2.05, 4.69) is 36.2 Å². The highest BCUT2D eigenvalue weighted by molar-refractivity contribution is 8.00. The Kier molecular flexibility index (Phi) is 11.8. The number of nitrogen functional groups attached to an aromatic ring is 1. The van der Waals surface area contributed by atoms with Gasteiger partial charge >= 0.3 is 17.9 Å². The highest BCUT2D eigenvalue weighted by Crippen LogP contribution is 2.42. The minimum Gasteiger partial charge on any atom is -0.477 e. The Balaban J connectivity index is 1.09. The van der Waals surface area contributed by atoms with E-state index < -0.39 is 64.4 Å². The smallest absolute Gasteiger partial charge is 0.352 e. The molecule has 0 spiro atoms. The number of rotatable bonds is 15. The molecule has 0 aromatic carbocycles. The highest BCUT2D eigenvalue weighted by atomic mass is 32.2. The molecule has 7 N–H and O–H groups in total. The van der Waals surface area contributed by atoms with Crippen LogP contribution in [0.25, 0.3) is 0 Å². The van der Waals surface area contributed by atoms with Crippen molar-refractivity contribution in [1.29, 1.82) is 0 Å². The molecule has 6 rings (SSSR count). The zero-order chi connectivity index (χ0) is 40.4. The number of nitrogens with two attached hydrogens (primary N) is 1. The lowest BCUT2D eigenvalue weighted by Crippen LogP contribution is -2.71. The first-order valence-corrected chi connectivity index (χ1v) is 19.8. The van der Waals surface area contributed by atoms with Gasteiger partial charge in [0.05, 0.1) is 0 Å². The van der Waals surface area contributed by atoms with Crippen LogP contribution in [0.1, 0.15) is 18.3 Å². The van der Waals surface area contributed by atoms with Crippen LogP contribution in [-0.4, -0.2) is 145 Å². The lowest BCUT2D eigenvalue weighted by atomic mass is 10.0. The van der Waals surface area contributed by atoms with Gasteiger partial charge in [0.15, 0.2) is 21.7 Å². The predicted molar refractivity (Wildman–Crippen MR) is 200 cm³/mol. The lowest BCUT2D eigenvalue weighted by Gasteiger charge is -2.49. The fourth-order valence-corrected chi connectivity index (χ4v) is 9.77. The first-order chi connectivity index (χ1) is 26.7. The number of β-lactam (4-membered cyclic amide) rings is 2. The van der Waals surface area contributed by atoms with Gasteiger partial charge < -0.3 is 46.3 Å². The number of thiazole rings is 2. The highest BCUT2D eigenvalue weighted by Gasteiger charge is 2.56. The number of nitrogens with one attached hydrogen (secondary N) is 3. The number of aromatic nitrogens is 2. The molecule has 56 heavy (non-hydrogen) atoms. The van der Waals surface area contributed by atoms with E-state index in [0.717, 1.165) is 32.5 Å². The van der Waals surface area contributed by atoms with Gasteiger partial charge in [0.25, 0.3) is 23.6 Å². The molecule has 4 amide bonds. The molecule has 0 aliphatic carbocycles. The second kappa shape index (κ2) is 16.6. The van der Waals surface area contributed by atoms with E-state index in [9.17, 15) is 43.8 Å². The van der Waals surface area contributed by atoms with Crippen LogP contribution in [0, 0.1) is 0 Å². The number of thioether (sulfide) groups is 2. The number of ether oxygens (including phenoxy) is 1. The second-order valence-electron chi connectivity index (χ2n) is 11.7. The van der Waals surface area contributed by atoms with Crippen LogP contribution in [0.2, 0.25) is 0 Å². The van der Waals surface area contributed by atoms with Gasteiger partial charge in [0.2, 0.25) is 0 Å². The van der Waals surface area contributed by atoms with Crippen LogP contribution in [0.3, 0.4) is 0 Å². The maximum atomic E-state index is 13.4. The summed E-state index contributed by atoms with van der Waals surface area (Å²) in [6.45, 7) is 0.817. The summed E-state index contributed by atoms with van der Waals surface area (Å²) in [4.78, 5) is 109. The third kappa shape index (κ3) is 7.71. The van der Waals surface area contributed by atoms with Crippen molar-refractivity contribution in [2.75, 3.05) is 49.9 Å². The van der Waals surface area contributed by atoms with Crippen molar-refractivity contribution in [3.63, 3.8) is 0 Å². The maximum Gasteiger partial charge on any atom is 0.352 e. The maximum absolute atomic E-state index is 13.4. The summed E-state index contributed by atoms with van der Waals surface area (Å²) in [5, 5.41) is 37.5. The van der Waals surface area contributed by atoms with Crippen LogP contribution in [0.5, 0.6) is 0 Å². The van der Waals surface area contributed by atoms with E-state index in [-0.39, 0.29) is 74.7 Å². The second-order valence-corrected chi connectivity index (χ2v) is 15.7. The summed E-state index contributed by atoms with van der Waals surface area (Å²) in [5.41, 5.74) is 5.36. The van der Waals surface area contributed by atoms with Gasteiger partial charge in [-0.25, -0.2) is 19.6 Å². The molecule has 4 atom stereocenters. The molecule has 4 aliphatic rings. The first kappa shape index (κ1) is 39.9. The van der Waals surface area contributed by atoms with E-state index in [4.69, 9.17) is 20.1 Å². The molecule has 296 valence electrons. The molecule has 4 aliphatic heterocycles. The Bertz CT molecular complexity index is 2150. The van der Waals surface area contributed by atoms with Gasteiger partial charge in [-0.3, -0.25) is 33.8 Å². The van der Waals surface area contributed by atoms with Gasteiger partial charge in [-0.15, -0.1) is 46.2 Å². The summed E-state index contributed by atoms with van der Waals surface area (Å²) in [7, 11) is 2.43. The predicted octanol–water partition coefficient (Wildman–Crippen LogP) is -0.965. The SMILES string of the molecule is CON=C(C(=O)NC1C(=O)N2C(C(=O)O)=C(CNc3nc(C(=NOC)C(=O)NC4C(=O)N5C(C(=O)O)=C(COC(C)=O)CSC45)cs3)CSC12)c1csc(N)n1. The average Bonchev–Trinajstić information content (AvgIpc) is 3.82. The number of fused-ring (bicyclic) bond motifs is 2. The Morgan fingerprint density at radius 2 is 1.34 bits per heavy atom. The van der Waals surface area contributed by atoms with Crippen molar-refractivity contribution in [2.45, 2.75) is 29.8 Å². The first-order valence-electron chi connectivity index (χ1n) is 15.9. The third-order valence-corrected chi connectivity index (χ3v) is 12.4. The molecule has 0 bridgehead atoms. The number of carboxylic acid groups (broad SMARTS) is 2. The summed E-state index contributed by atoms with van der Waals surface area (Å²) in [5.74, 6) is -6.00. The zero-order valence-corrected chi connectivity index (χ0v) is 32.4. The Morgan fingerprint density at radius 3 is 1.82 bits per heavy atom. The van der Waals surface area contributed by atoms with Crippen LogP contribution >= 0.6 is 46.2 Å². The Morgan fingerprint density at radius 1 is 0.839 bits per heavy atom. The van der Waals surface area contributed by atoms with Crippen molar-refractivity contribution in [2.24, 2.45) is 10.3 Å². The topological polar surface area (TPSA) is 307 Å². The van der Waals surface area contributed by atoms with E-state index in [1.54, 1.807) is 0 Å². The molecule has 0 radical (unpaired) electrons. The summed E-state index contributed by atoms with van der Waals surface area (Å²) >= 11 is 4.55. The molecule has 0 saturated carbocycles. The number of esters is 1. The summed E-state index contributed by atoms with van der Waals surface area (Å²) < 4.78 is 4.94. The molecule has 22 nitrogen and oxygen atoms in total. The fraction of sp³-hybridized carbons (Fsp3) is 0.367. The number of nitrogens with zero attached hydrogens (tertiary/aromatic N) is 6. The number of hydrogen-bond donors (Lipinski definition) is 6. The van der Waals surface area contributed by atoms with Crippen molar-refractivity contribution < 1.29 is 58.2 Å². The van der Waals surface area contributed by atoms with Crippen LogP contribution in [-0.2, 0) is 48.0 Å². The minimum absolute atomic E-state index is 0.0466. The van der Waals surface area contributed by atoms with Gasteiger partial charge in [0, 0.05) is 41.3 Å². The molecule has 2 aromatic heterocycles. The molecular formula is C30H30N10O12S4. The van der Waals surface area contributed by atoms with E-state index >= 15 is 0 Å². The van der Waals surface area contributed by atoms with E-state index in [1.807, 2.05) is 0 Å². The normalized spacial score (nSPS) is 22.0. The van der Waals surface area contributed by atoms with Crippen LogP contribution in [0.15, 0.2) is 43.6 Å². The van der Waals surface area contributed by atoms with Crippen molar-refractivity contribution in [3.8, 4) is 0 Å². The number of aliphatic carboxylic acids is 2. The monoisotopic (exact) mass is 850 g/mol. The summed E-state index contributed by atoms with van der Waals surface area (Å²) in [6, 6.07) is -2.17. The number of carboxylic acids is 2. The standard InChI is InChI=1S/C30H30N10O12S4/c1-10(41)52-5-12-7-54-26-18(24(45)40(26)20(12)28(48)49)36-22(43)16(38-51-3)14-9-56-30(34-14)32-4-11-6-53-25-17(23(44)39(25)19(11)27(46)47)35-21(42)15(37-50-2)13-8-55-29(31)33-13/h8-9,17-18,25-26H,4-7H2,1-3H3,(H2,31,33)(H,32,34)(H,35,42)(H,36,43)(H,46,47)(H,48,49). The molecule has 2 aromatic rings. The molecule has 2 saturated heterocycles. The van der Waals surface area contributed by atoms with Crippen molar-refractivity contribution >= 4 is 109 Å². The Hall–Kier alpha value is -5.73. The van der Waals surface area contributed by atoms with Gasteiger partial charge in [-0.2, -0.15) is 0 Å². The average molecular weight is 851 g/mol. The molecule has 26 heteroatoms. The number of carbonyl (C=O) groups excluding carboxylic acids is 5. The van der Waals surface area contributed by atoms with Crippen molar-refractivity contribution in [1.82, 2.24) is 30.4 Å². The fourth-order valence-electron chi connectivity index (χ4n) is 5.86. The van der Waals surface area contributed by atoms with Crippen LogP contribution in [0.4, 0.5) is 10.3 Å². The number of carbonyl (C=O) groups is 7. The number of anilines is 2. The van der Waals surface area contributed by atoms with Crippen LogP contribution < -0.4 is 21.7 Å². The molecular weight excluding hydrogens is 821 g/mol. The van der Waals surface area contributed by atoms with Crippen molar-refractivity contribution in [3.05, 3.63) is 44.7 Å². The number of hydrogen-bond acceptors (Lipinski definition) is 20. The quantitative estimate of drug-likeness (QED) is 0.0544. The summed E-state index contributed by atoms with van der Waals surface area (Å²) in [6.07, 6.45) is 0. The minimum atomic E-state index is -1.39. The van der Waals surface area contributed by atoms with Gasteiger partial charge in [-0.1, -0.05) is 10.3 Å². The largest absolute Gasteiger partial charge is 0.477 e. The van der Waals surface area contributed by atoms with E-state index in [1.165, 1.54) is 55.4 Å². The molecule has 4 unspecified atom stereocenters. The zero-order valence-electron chi connectivity index (χ0n) is 29.2. The molecule has 2 fully saturated rings. The number of amides is 4. The molecule has 6 heterocycles. The third-order valence-electron chi connectivity index (χ3n) is 8.28. The van der Waals surface area contributed by atoms with Gasteiger partial charge in [0.1, 0.15) is 66.4 Å². The number of oxime groups is 2. The van der Waals surface area contributed by atoms with Gasteiger partial charge in [-0.05, 0) is 5.57 Å².